The maximum Gasteiger partial charge on any atom is 0.257 e. The van der Waals surface area contributed by atoms with Crippen LogP contribution in [0.2, 0.25) is 0 Å². The van der Waals surface area contributed by atoms with E-state index in [0.29, 0.717) is 34.8 Å². The molecule has 122 valence electrons. The molecule has 4 rings (SSSR count). The van der Waals surface area contributed by atoms with Gasteiger partial charge in [0, 0.05) is 42.2 Å². The highest BCUT2D eigenvalue weighted by atomic mass is 16.5. The van der Waals surface area contributed by atoms with Gasteiger partial charge in [0.2, 0.25) is 0 Å². The first kappa shape index (κ1) is 14.5. The van der Waals surface area contributed by atoms with Gasteiger partial charge in [0.1, 0.15) is 5.52 Å². The number of hydrogen-bond donors (Lipinski definition) is 2. The van der Waals surface area contributed by atoms with E-state index in [-0.39, 0.29) is 5.91 Å². The standard InChI is InChI=1S/C17H16N4O3/c1-23-14-8-13-15(21-17(14)24-2)9(3-5-18-13)12-7-10-11(20-12)4-6-19-16(10)22/h3,5,7-8,20H,4,6H2,1-2H3,(H,19,22). The van der Waals surface area contributed by atoms with Gasteiger partial charge in [-0.2, -0.15) is 0 Å². The topological polar surface area (TPSA) is 89.1 Å². The summed E-state index contributed by atoms with van der Waals surface area (Å²) in [6.07, 6.45) is 2.50. The van der Waals surface area contributed by atoms with Gasteiger partial charge in [-0.05, 0) is 12.1 Å². The molecule has 0 unspecified atom stereocenters. The number of fused-ring (bicyclic) bond motifs is 2. The maximum atomic E-state index is 12.0. The Labute approximate surface area is 138 Å². The molecule has 0 bridgehead atoms. The van der Waals surface area contributed by atoms with E-state index in [1.54, 1.807) is 26.5 Å². The van der Waals surface area contributed by atoms with Crippen molar-refractivity contribution < 1.29 is 14.3 Å². The number of carbonyl (C=O) groups is 1. The molecule has 0 saturated heterocycles. The zero-order chi connectivity index (χ0) is 16.7. The molecule has 0 radical (unpaired) electrons. The molecule has 0 spiro atoms. The van der Waals surface area contributed by atoms with Gasteiger partial charge in [0.25, 0.3) is 11.8 Å². The number of rotatable bonds is 3. The van der Waals surface area contributed by atoms with Gasteiger partial charge in [-0.15, -0.1) is 0 Å². The third-order valence-corrected chi connectivity index (χ3v) is 4.15. The van der Waals surface area contributed by atoms with Gasteiger partial charge in [-0.1, -0.05) is 0 Å². The molecule has 0 aliphatic carbocycles. The number of nitrogens with one attached hydrogen (secondary N) is 2. The highest BCUT2D eigenvalue weighted by molar-refractivity contribution is 5.99. The van der Waals surface area contributed by atoms with Crippen LogP contribution < -0.4 is 14.8 Å². The highest BCUT2D eigenvalue weighted by Crippen LogP contribution is 2.33. The van der Waals surface area contributed by atoms with Crippen LogP contribution in [0.25, 0.3) is 22.3 Å². The van der Waals surface area contributed by atoms with E-state index in [1.807, 2.05) is 12.1 Å². The van der Waals surface area contributed by atoms with E-state index in [4.69, 9.17) is 9.47 Å². The van der Waals surface area contributed by atoms with Gasteiger partial charge in [0.15, 0.2) is 5.75 Å². The van der Waals surface area contributed by atoms with Gasteiger partial charge in [-0.3, -0.25) is 9.78 Å². The first-order valence-corrected chi connectivity index (χ1v) is 7.59. The van der Waals surface area contributed by atoms with Crippen LogP contribution in [0.5, 0.6) is 11.6 Å². The van der Waals surface area contributed by atoms with Crippen molar-refractivity contribution in [2.24, 2.45) is 0 Å². The number of ether oxygens (including phenoxy) is 2. The van der Waals surface area contributed by atoms with Crippen LogP contribution >= 0.6 is 0 Å². The minimum atomic E-state index is -0.0516. The van der Waals surface area contributed by atoms with E-state index in [1.165, 1.54) is 0 Å². The number of nitrogens with zero attached hydrogens (tertiary/aromatic N) is 2. The summed E-state index contributed by atoms with van der Waals surface area (Å²) in [5, 5.41) is 2.85. The monoisotopic (exact) mass is 324 g/mol. The van der Waals surface area contributed by atoms with Gasteiger partial charge in [-0.25, -0.2) is 4.98 Å². The fraction of sp³-hybridized carbons (Fsp3) is 0.235. The van der Waals surface area contributed by atoms with Crippen molar-refractivity contribution in [3.8, 4) is 22.9 Å². The average Bonchev–Trinajstić information content (AvgIpc) is 3.05. The first-order chi connectivity index (χ1) is 11.7. The normalized spacial score (nSPS) is 13.5. The molecular formula is C17H16N4O3. The Morgan fingerprint density at radius 3 is 2.79 bits per heavy atom. The summed E-state index contributed by atoms with van der Waals surface area (Å²) in [7, 11) is 3.11. The minimum Gasteiger partial charge on any atom is -0.491 e. The van der Waals surface area contributed by atoms with Crippen molar-refractivity contribution >= 4 is 16.9 Å². The molecule has 24 heavy (non-hydrogen) atoms. The fourth-order valence-corrected chi connectivity index (χ4v) is 2.98. The number of amides is 1. The van der Waals surface area contributed by atoms with E-state index >= 15 is 0 Å². The smallest absolute Gasteiger partial charge is 0.257 e. The summed E-state index contributed by atoms with van der Waals surface area (Å²) < 4.78 is 10.6. The molecule has 1 aliphatic heterocycles. The van der Waals surface area contributed by atoms with Gasteiger partial charge < -0.3 is 19.8 Å². The summed E-state index contributed by atoms with van der Waals surface area (Å²) in [5.41, 5.74) is 4.71. The molecule has 4 heterocycles. The highest BCUT2D eigenvalue weighted by Gasteiger charge is 2.21. The van der Waals surface area contributed by atoms with Crippen molar-refractivity contribution in [3.63, 3.8) is 0 Å². The van der Waals surface area contributed by atoms with E-state index in [9.17, 15) is 4.79 Å². The van der Waals surface area contributed by atoms with E-state index < -0.39 is 0 Å². The lowest BCUT2D eigenvalue weighted by Crippen LogP contribution is -2.31. The van der Waals surface area contributed by atoms with Gasteiger partial charge >= 0.3 is 0 Å². The lowest BCUT2D eigenvalue weighted by molar-refractivity contribution is 0.0946. The summed E-state index contributed by atoms with van der Waals surface area (Å²) in [4.78, 5) is 24.2. The second kappa shape index (κ2) is 5.52. The maximum absolute atomic E-state index is 12.0. The second-order valence-corrected chi connectivity index (χ2v) is 5.51. The number of pyridine rings is 2. The zero-order valence-electron chi connectivity index (χ0n) is 13.3. The van der Waals surface area contributed by atoms with Crippen LogP contribution in [0.1, 0.15) is 16.1 Å². The third-order valence-electron chi connectivity index (χ3n) is 4.15. The summed E-state index contributed by atoms with van der Waals surface area (Å²) in [6, 6.07) is 5.52. The van der Waals surface area contributed by atoms with E-state index in [0.717, 1.165) is 23.4 Å². The molecule has 2 N–H and O–H groups in total. The van der Waals surface area contributed by atoms with Crippen LogP contribution in [-0.2, 0) is 6.42 Å². The van der Waals surface area contributed by atoms with Crippen molar-refractivity contribution in [2.45, 2.75) is 6.42 Å². The van der Waals surface area contributed by atoms with Crippen LogP contribution in [-0.4, -0.2) is 41.6 Å². The molecule has 0 aromatic carbocycles. The first-order valence-electron chi connectivity index (χ1n) is 7.59. The minimum absolute atomic E-state index is 0.0516. The quantitative estimate of drug-likeness (QED) is 0.768. The molecular weight excluding hydrogens is 308 g/mol. The Hall–Kier alpha value is -3.09. The Balaban J connectivity index is 1.92. The molecule has 0 saturated carbocycles. The number of aromatic amines is 1. The van der Waals surface area contributed by atoms with Crippen molar-refractivity contribution in [2.75, 3.05) is 20.8 Å². The fourth-order valence-electron chi connectivity index (χ4n) is 2.98. The summed E-state index contributed by atoms with van der Waals surface area (Å²) in [5.74, 6) is 0.873. The number of methoxy groups -OCH3 is 2. The molecule has 3 aromatic rings. The predicted molar refractivity (Wildman–Crippen MR) is 88.5 cm³/mol. The number of hydrogen-bond acceptors (Lipinski definition) is 5. The SMILES string of the molecule is COc1cc2nccc(-c3cc4c([nH]3)CCNC4=O)c2nc1OC. The van der Waals surface area contributed by atoms with Crippen molar-refractivity contribution in [1.82, 2.24) is 20.3 Å². The number of H-pyrrole nitrogens is 1. The lowest BCUT2D eigenvalue weighted by atomic mass is 10.1. The van der Waals surface area contributed by atoms with Crippen LogP contribution in [0.4, 0.5) is 0 Å². The molecule has 1 aliphatic rings. The van der Waals surface area contributed by atoms with Crippen molar-refractivity contribution in [3.05, 3.63) is 35.7 Å². The average molecular weight is 324 g/mol. The van der Waals surface area contributed by atoms with Crippen LogP contribution in [0.15, 0.2) is 24.4 Å². The Kier molecular flexibility index (Phi) is 3.34. The predicted octanol–water partition coefficient (Wildman–Crippen LogP) is 1.93. The number of carbonyl (C=O) groups excluding carboxylic acids is 1. The Bertz CT molecular complexity index is 948. The van der Waals surface area contributed by atoms with Gasteiger partial charge in [0.05, 0.1) is 25.3 Å². The molecule has 0 atom stereocenters. The Morgan fingerprint density at radius 1 is 1.17 bits per heavy atom. The zero-order valence-corrected chi connectivity index (χ0v) is 13.3. The lowest BCUT2D eigenvalue weighted by Gasteiger charge is -2.11. The van der Waals surface area contributed by atoms with Crippen molar-refractivity contribution in [1.29, 1.82) is 0 Å². The molecule has 7 heteroatoms. The van der Waals surface area contributed by atoms with E-state index in [2.05, 4.69) is 20.3 Å². The largest absolute Gasteiger partial charge is 0.491 e. The molecule has 0 fully saturated rings. The second-order valence-electron chi connectivity index (χ2n) is 5.51. The third kappa shape index (κ3) is 2.17. The van der Waals surface area contributed by atoms with Crippen LogP contribution in [0.3, 0.4) is 0 Å². The molecule has 3 aromatic heterocycles. The number of aromatic nitrogens is 3. The Morgan fingerprint density at radius 2 is 2.04 bits per heavy atom. The van der Waals surface area contributed by atoms with Crippen LogP contribution in [0, 0.1) is 0 Å². The summed E-state index contributed by atoms with van der Waals surface area (Å²) in [6.45, 7) is 0.645. The molecule has 1 amide bonds. The molecule has 7 nitrogen and oxygen atoms in total. The summed E-state index contributed by atoms with van der Waals surface area (Å²) >= 11 is 0.